The molecular weight excluding hydrogens is 321 g/mol. The standard InChI is InChI=1S/C19H20FN3O2/c20-16-5-9-18(10-6-16)25-14-2-1-13-22-19(24)23-17-7-3-15(4-8-17)11-12-21/h3-10H,1-2,11,13-14H2,(H2,22,23,24). The number of hydrogen-bond acceptors (Lipinski definition) is 3. The van der Waals surface area contributed by atoms with Crippen molar-refractivity contribution >= 4 is 11.7 Å². The molecule has 0 aromatic heterocycles. The molecule has 2 aromatic rings. The van der Waals surface area contributed by atoms with Gasteiger partial charge < -0.3 is 15.4 Å². The Morgan fingerprint density at radius 3 is 2.48 bits per heavy atom. The molecule has 6 heteroatoms. The van der Waals surface area contributed by atoms with Crippen LogP contribution in [0.1, 0.15) is 18.4 Å². The highest BCUT2D eigenvalue weighted by Crippen LogP contribution is 2.11. The van der Waals surface area contributed by atoms with Crippen molar-refractivity contribution in [3.8, 4) is 11.8 Å². The second kappa shape index (κ2) is 9.93. The number of unbranched alkanes of at least 4 members (excludes halogenated alkanes) is 1. The second-order valence-corrected chi connectivity index (χ2v) is 5.42. The number of amides is 2. The average Bonchev–Trinajstić information content (AvgIpc) is 2.61. The van der Waals surface area contributed by atoms with Crippen LogP contribution in [0.25, 0.3) is 0 Å². The van der Waals surface area contributed by atoms with Gasteiger partial charge in [-0.2, -0.15) is 5.26 Å². The van der Waals surface area contributed by atoms with Gasteiger partial charge in [0.15, 0.2) is 0 Å². The monoisotopic (exact) mass is 341 g/mol. The van der Waals surface area contributed by atoms with Gasteiger partial charge in [0, 0.05) is 12.2 Å². The van der Waals surface area contributed by atoms with Crippen LogP contribution in [-0.2, 0) is 6.42 Å². The Balaban J connectivity index is 1.57. The van der Waals surface area contributed by atoms with Crippen molar-refractivity contribution in [2.24, 2.45) is 0 Å². The maximum atomic E-state index is 12.7. The van der Waals surface area contributed by atoms with Gasteiger partial charge in [0.2, 0.25) is 0 Å². The summed E-state index contributed by atoms with van der Waals surface area (Å²) in [6.45, 7) is 1.04. The van der Waals surface area contributed by atoms with E-state index in [0.717, 1.165) is 18.4 Å². The molecule has 5 nitrogen and oxygen atoms in total. The average molecular weight is 341 g/mol. The van der Waals surface area contributed by atoms with Crippen molar-refractivity contribution in [1.82, 2.24) is 5.32 Å². The van der Waals surface area contributed by atoms with Gasteiger partial charge in [-0.1, -0.05) is 12.1 Å². The minimum absolute atomic E-state index is 0.271. The predicted octanol–water partition coefficient (Wildman–Crippen LogP) is 3.87. The fourth-order valence-electron chi connectivity index (χ4n) is 2.12. The predicted molar refractivity (Wildman–Crippen MR) is 93.9 cm³/mol. The van der Waals surface area contributed by atoms with Crippen LogP contribution in [0.3, 0.4) is 0 Å². The van der Waals surface area contributed by atoms with E-state index in [1.165, 1.54) is 12.1 Å². The van der Waals surface area contributed by atoms with Crippen LogP contribution in [0.2, 0.25) is 0 Å². The van der Waals surface area contributed by atoms with Crippen molar-refractivity contribution in [2.45, 2.75) is 19.3 Å². The van der Waals surface area contributed by atoms with Gasteiger partial charge in [0.25, 0.3) is 0 Å². The normalized spacial score (nSPS) is 9.92. The number of ether oxygens (including phenoxy) is 1. The summed E-state index contributed by atoms with van der Waals surface area (Å²) in [6.07, 6.45) is 1.91. The Morgan fingerprint density at radius 1 is 1.08 bits per heavy atom. The van der Waals surface area contributed by atoms with E-state index >= 15 is 0 Å². The number of nitrogens with one attached hydrogen (secondary N) is 2. The molecule has 0 fully saturated rings. The van der Waals surface area contributed by atoms with E-state index in [0.29, 0.717) is 31.0 Å². The molecule has 0 aliphatic rings. The number of carbonyl (C=O) groups is 1. The molecule has 0 aliphatic heterocycles. The number of nitrogens with zero attached hydrogens (tertiary/aromatic N) is 1. The second-order valence-electron chi connectivity index (χ2n) is 5.42. The van der Waals surface area contributed by atoms with Crippen molar-refractivity contribution in [3.05, 3.63) is 59.9 Å². The molecule has 0 heterocycles. The number of halogens is 1. The van der Waals surface area contributed by atoms with Crippen molar-refractivity contribution in [3.63, 3.8) is 0 Å². The fourth-order valence-corrected chi connectivity index (χ4v) is 2.12. The van der Waals surface area contributed by atoms with E-state index in [1.54, 1.807) is 24.3 Å². The van der Waals surface area contributed by atoms with Crippen LogP contribution >= 0.6 is 0 Å². The Labute approximate surface area is 146 Å². The molecule has 0 spiro atoms. The topological polar surface area (TPSA) is 74.2 Å². The first-order chi connectivity index (χ1) is 12.2. The van der Waals surface area contributed by atoms with Crippen molar-refractivity contribution in [2.75, 3.05) is 18.5 Å². The molecular formula is C19H20FN3O2. The smallest absolute Gasteiger partial charge is 0.319 e. The van der Waals surface area contributed by atoms with Crippen LogP contribution in [0, 0.1) is 17.1 Å². The Kier molecular flexibility index (Phi) is 7.26. The molecule has 0 atom stereocenters. The molecule has 0 aliphatic carbocycles. The van der Waals surface area contributed by atoms with Gasteiger partial charge in [0.1, 0.15) is 11.6 Å². The van der Waals surface area contributed by atoms with E-state index in [-0.39, 0.29) is 11.8 Å². The minimum Gasteiger partial charge on any atom is -0.494 e. The summed E-state index contributed by atoms with van der Waals surface area (Å²) in [6, 6.07) is 14.8. The van der Waals surface area contributed by atoms with Crippen LogP contribution in [0.5, 0.6) is 5.75 Å². The molecule has 25 heavy (non-hydrogen) atoms. The Bertz CT molecular complexity index is 709. The summed E-state index contributed by atoms with van der Waals surface area (Å²) in [4.78, 5) is 11.8. The molecule has 2 aromatic carbocycles. The van der Waals surface area contributed by atoms with Crippen molar-refractivity contribution < 1.29 is 13.9 Å². The van der Waals surface area contributed by atoms with Crippen molar-refractivity contribution in [1.29, 1.82) is 5.26 Å². The van der Waals surface area contributed by atoms with Gasteiger partial charge in [-0.25, -0.2) is 9.18 Å². The number of carbonyl (C=O) groups excluding carboxylic acids is 1. The van der Waals surface area contributed by atoms with Gasteiger partial charge in [-0.3, -0.25) is 0 Å². The SMILES string of the molecule is N#CCc1ccc(NC(=O)NCCCCOc2ccc(F)cc2)cc1. The summed E-state index contributed by atoms with van der Waals surface area (Å²) in [5.41, 5.74) is 1.59. The van der Waals surface area contributed by atoms with Gasteiger partial charge in [-0.05, 0) is 54.8 Å². The molecule has 2 N–H and O–H groups in total. The first-order valence-electron chi connectivity index (χ1n) is 8.06. The number of benzene rings is 2. The molecule has 0 saturated heterocycles. The first kappa shape index (κ1) is 18.3. The first-order valence-corrected chi connectivity index (χ1v) is 8.06. The molecule has 2 amide bonds. The highest BCUT2D eigenvalue weighted by Gasteiger charge is 2.01. The zero-order valence-electron chi connectivity index (χ0n) is 13.8. The maximum absolute atomic E-state index is 12.7. The summed E-state index contributed by atoms with van der Waals surface area (Å²) in [5.74, 6) is 0.342. The lowest BCUT2D eigenvalue weighted by molar-refractivity contribution is 0.251. The minimum atomic E-state index is -0.290. The van der Waals surface area contributed by atoms with Gasteiger partial charge in [0.05, 0.1) is 19.1 Å². The molecule has 0 bridgehead atoms. The zero-order chi connectivity index (χ0) is 17.9. The van der Waals surface area contributed by atoms with Crippen LogP contribution in [0.15, 0.2) is 48.5 Å². The number of nitriles is 1. The number of rotatable bonds is 8. The van der Waals surface area contributed by atoms with Gasteiger partial charge in [-0.15, -0.1) is 0 Å². The van der Waals surface area contributed by atoms with E-state index in [4.69, 9.17) is 10.00 Å². The zero-order valence-corrected chi connectivity index (χ0v) is 13.8. The number of hydrogen-bond donors (Lipinski definition) is 2. The number of anilines is 1. The van der Waals surface area contributed by atoms with Crippen LogP contribution < -0.4 is 15.4 Å². The maximum Gasteiger partial charge on any atom is 0.319 e. The highest BCUT2D eigenvalue weighted by molar-refractivity contribution is 5.89. The molecule has 0 saturated carbocycles. The van der Waals surface area contributed by atoms with E-state index < -0.39 is 0 Å². The lowest BCUT2D eigenvalue weighted by Crippen LogP contribution is -2.29. The Morgan fingerprint density at radius 2 is 1.80 bits per heavy atom. The summed E-state index contributed by atoms with van der Waals surface area (Å²) < 4.78 is 18.2. The van der Waals surface area contributed by atoms with E-state index in [9.17, 15) is 9.18 Å². The summed E-state index contributed by atoms with van der Waals surface area (Å²) in [5, 5.41) is 14.1. The molecule has 0 unspecified atom stereocenters. The third-order valence-electron chi connectivity index (χ3n) is 3.43. The summed E-state index contributed by atoms with van der Waals surface area (Å²) >= 11 is 0. The molecule has 130 valence electrons. The Hall–Kier alpha value is -3.07. The van der Waals surface area contributed by atoms with Gasteiger partial charge >= 0.3 is 6.03 Å². The van der Waals surface area contributed by atoms with E-state index in [2.05, 4.69) is 16.7 Å². The lowest BCUT2D eigenvalue weighted by Gasteiger charge is -2.09. The largest absolute Gasteiger partial charge is 0.494 e. The van der Waals surface area contributed by atoms with Crippen LogP contribution in [-0.4, -0.2) is 19.2 Å². The third kappa shape index (κ3) is 6.92. The summed E-state index contributed by atoms with van der Waals surface area (Å²) in [7, 11) is 0. The highest BCUT2D eigenvalue weighted by atomic mass is 19.1. The molecule has 0 radical (unpaired) electrons. The third-order valence-corrected chi connectivity index (χ3v) is 3.43. The van der Waals surface area contributed by atoms with E-state index in [1.807, 2.05) is 12.1 Å². The number of urea groups is 1. The van der Waals surface area contributed by atoms with Crippen LogP contribution in [0.4, 0.5) is 14.9 Å². The quantitative estimate of drug-likeness (QED) is 0.716. The fraction of sp³-hybridized carbons (Fsp3) is 0.263. The molecule has 2 rings (SSSR count). The lowest BCUT2D eigenvalue weighted by atomic mass is 10.1.